The van der Waals surface area contributed by atoms with Crippen LogP contribution >= 0.6 is 0 Å². The van der Waals surface area contributed by atoms with Gasteiger partial charge in [0.25, 0.3) is 17.7 Å². The molecule has 0 unspecified atom stereocenters. The van der Waals surface area contributed by atoms with E-state index in [1.807, 2.05) is 33.8 Å². The third-order valence-corrected chi connectivity index (χ3v) is 11.1. The van der Waals surface area contributed by atoms with Gasteiger partial charge in [-0.2, -0.15) is 23.5 Å². The molecular weight excluding hydrogens is 731 g/mol. The predicted molar refractivity (Wildman–Crippen MR) is 198 cm³/mol. The summed E-state index contributed by atoms with van der Waals surface area (Å²) < 4.78 is 69.4. The highest BCUT2D eigenvalue weighted by atomic mass is 19.4. The number of halogens is 4. The average molecular weight is 771 g/mol. The van der Waals surface area contributed by atoms with E-state index in [-0.39, 0.29) is 35.7 Å². The number of nitriles is 1. The van der Waals surface area contributed by atoms with Gasteiger partial charge in [-0.25, -0.2) is 9.07 Å². The molecule has 0 bridgehead atoms. The number of hydrogen-bond donors (Lipinski definition) is 1. The minimum Gasteiger partial charge on any atom is -0.399 e. The molecule has 2 fully saturated rings. The van der Waals surface area contributed by atoms with E-state index in [0.717, 1.165) is 12.1 Å². The highest BCUT2D eigenvalue weighted by molar-refractivity contribution is 6.62. The molecule has 3 amide bonds. The lowest BCUT2D eigenvalue weighted by molar-refractivity contribution is -0.137. The Morgan fingerprint density at radius 1 is 1.02 bits per heavy atom. The van der Waals surface area contributed by atoms with Gasteiger partial charge in [0.1, 0.15) is 23.7 Å². The SMILES string of the molecule is CCN1C(=O)[C@H](NC(=O)c2cccc(C(F)(F)F)c2)[C@H](c2ccc(F)cc2)c2c(C(=O)N3CCC[C@H]3C#N)nn(-c3cccc(B4OC(C)(C)C(C)(C)O4)c3)c21. The number of benzene rings is 3. The van der Waals surface area contributed by atoms with E-state index in [2.05, 4.69) is 11.4 Å². The van der Waals surface area contributed by atoms with Crippen LogP contribution in [0.5, 0.6) is 0 Å². The van der Waals surface area contributed by atoms with Crippen molar-refractivity contribution in [3.8, 4) is 11.8 Å². The lowest BCUT2D eigenvalue weighted by Gasteiger charge is -2.38. The van der Waals surface area contributed by atoms with E-state index in [9.17, 15) is 37.2 Å². The minimum absolute atomic E-state index is 0.0265. The first-order valence-electron chi connectivity index (χ1n) is 18.3. The van der Waals surface area contributed by atoms with E-state index >= 15 is 0 Å². The molecule has 2 saturated heterocycles. The molecule has 3 aromatic carbocycles. The number of nitrogens with zero attached hydrogens (tertiary/aromatic N) is 5. The maximum Gasteiger partial charge on any atom is 0.494 e. The smallest absolute Gasteiger partial charge is 0.399 e. The van der Waals surface area contributed by atoms with Gasteiger partial charge in [-0.1, -0.05) is 30.3 Å². The third kappa shape index (κ3) is 6.72. The summed E-state index contributed by atoms with van der Waals surface area (Å²) in [6, 6.07) is 16.0. The quantitative estimate of drug-likeness (QED) is 0.187. The molecule has 7 rings (SSSR count). The zero-order chi connectivity index (χ0) is 40.3. The highest BCUT2D eigenvalue weighted by Gasteiger charge is 2.52. The topological polar surface area (TPSA) is 130 Å². The van der Waals surface area contributed by atoms with Gasteiger partial charge in [0.15, 0.2) is 5.69 Å². The molecule has 3 aliphatic heterocycles. The zero-order valence-electron chi connectivity index (χ0n) is 31.4. The third-order valence-electron chi connectivity index (χ3n) is 11.1. The first-order valence-corrected chi connectivity index (χ1v) is 18.3. The van der Waals surface area contributed by atoms with Crippen molar-refractivity contribution >= 4 is 36.1 Å². The van der Waals surface area contributed by atoms with Crippen molar-refractivity contribution in [1.29, 1.82) is 5.26 Å². The van der Waals surface area contributed by atoms with Crippen LogP contribution in [-0.4, -0.2) is 75.9 Å². The Bertz CT molecular complexity index is 2240. The van der Waals surface area contributed by atoms with Crippen LogP contribution in [-0.2, 0) is 20.3 Å². The number of likely N-dealkylation sites (tertiary alicyclic amines) is 1. The number of carbonyl (C=O) groups is 3. The number of alkyl halides is 3. The summed E-state index contributed by atoms with van der Waals surface area (Å²) in [6.07, 6.45) is -3.72. The average Bonchev–Trinajstić information content (AvgIpc) is 3.86. The Hall–Kier alpha value is -5.53. The minimum atomic E-state index is -4.73. The van der Waals surface area contributed by atoms with Crippen LogP contribution in [0, 0.1) is 17.1 Å². The van der Waals surface area contributed by atoms with Gasteiger partial charge < -0.3 is 19.5 Å². The zero-order valence-corrected chi connectivity index (χ0v) is 31.4. The Morgan fingerprint density at radius 2 is 1.70 bits per heavy atom. The van der Waals surface area contributed by atoms with E-state index < -0.39 is 71.6 Å². The molecule has 1 aromatic heterocycles. The molecule has 3 aliphatic rings. The fraction of sp³-hybridized carbons (Fsp3) is 0.375. The van der Waals surface area contributed by atoms with Crippen molar-refractivity contribution in [3.63, 3.8) is 0 Å². The van der Waals surface area contributed by atoms with Crippen molar-refractivity contribution in [1.82, 2.24) is 20.0 Å². The first-order chi connectivity index (χ1) is 26.5. The van der Waals surface area contributed by atoms with Gasteiger partial charge in [0.05, 0.1) is 28.5 Å². The monoisotopic (exact) mass is 770 g/mol. The molecule has 11 nitrogen and oxygen atoms in total. The van der Waals surface area contributed by atoms with Crippen molar-refractivity contribution in [2.75, 3.05) is 18.0 Å². The molecule has 4 heterocycles. The molecule has 1 N–H and O–H groups in total. The van der Waals surface area contributed by atoms with E-state index in [1.165, 1.54) is 44.8 Å². The van der Waals surface area contributed by atoms with Gasteiger partial charge >= 0.3 is 13.3 Å². The number of nitrogens with one attached hydrogen (secondary N) is 1. The van der Waals surface area contributed by atoms with Crippen LogP contribution in [0.2, 0.25) is 0 Å². The van der Waals surface area contributed by atoms with Crippen molar-refractivity contribution < 1.29 is 41.3 Å². The number of aromatic nitrogens is 2. The molecule has 0 aliphatic carbocycles. The number of anilines is 1. The van der Waals surface area contributed by atoms with Gasteiger partial charge in [0, 0.05) is 30.1 Å². The van der Waals surface area contributed by atoms with Crippen molar-refractivity contribution in [3.05, 3.63) is 107 Å². The van der Waals surface area contributed by atoms with Crippen molar-refractivity contribution in [2.24, 2.45) is 0 Å². The van der Waals surface area contributed by atoms with Crippen LogP contribution in [0.4, 0.5) is 23.4 Å². The van der Waals surface area contributed by atoms with Crippen LogP contribution in [0.25, 0.3) is 5.69 Å². The molecule has 4 aromatic rings. The molecule has 0 saturated carbocycles. The molecule has 3 atom stereocenters. The maximum atomic E-state index is 14.7. The largest absolute Gasteiger partial charge is 0.494 e. The number of carbonyl (C=O) groups excluding carboxylic acids is 3. The molecule has 290 valence electrons. The number of rotatable bonds is 7. The Balaban J connectivity index is 1.43. The summed E-state index contributed by atoms with van der Waals surface area (Å²) in [7, 11) is -0.764. The van der Waals surface area contributed by atoms with Crippen LogP contribution in [0.1, 0.15) is 90.9 Å². The Labute approximate surface area is 321 Å². The van der Waals surface area contributed by atoms with Gasteiger partial charge in [0.2, 0.25) is 0 Å². The van der Waals surface area contributed by atoms with Crippen LogP contribution in [0.3, 0.4) is 0 Å². The summed E-state index contributed by atoms with van der Waals surface area (Å²) in [6.45, 7) is 9.68. The predicted octanol–water partition coefficient (Wildman–Crippen LogP) is 5.75. The van der Waals surface area contributed by atoms with E-state index in [0.29, 0.717) is 35.6 Å². The highest BCUT2D eigenvalue weighted by Crippen LogP contribution is 2.45. The van der Waals surface area contributed by atoms with E-state index in [1.54, 1.807) is 25.1 Å². The summed E-state index contributed by atoms with van der Waals surface area (Å²) in [5.74, 6) is -3.78. The lowest BCUT2D eigenvalue weighted by atomic mass is 9.79. The van der Waals surface area contributed by atoms with Gasteiger partial charge in [-0.05, 0) is 101 Å². The maximum absolute atomic E-state index is 14.7. The summed E-state index contributed by atoms with van der Waals surface area (Å²) in [5.41, 5.74) is -1.20. The van der Waals surface area contributed by atoms with Crippen LogP contribution < -0.4 is 15.7 Å². The fourth-order valence-corrected chi connectivity index (χ4v) is 7.49. The van der Waals surface area contributed by atoms with Crippen molar-refractivity contribution in [2.45, 2.75) is 82.8 Å². The normalized spacial score (nSPS) is 21.5. The number of amides is 3. The summed E-state index contributed by atoms with van der Waals surface area (Å²) in [5, 5.41) is 17.5. The molecule has 16 heteroatoms. The van der Waals surface area contributed by atoms with E-state index in [4.69, 9.17) is 14.4 Å². The van der Waals surface area contributed by atoms with Gasteiger partial charge in [-0.15, -0.1) is 0 Å². The second kappa shape index (κ2) is 14.2. The molecule has 0 radical (unpaired) electrons. The summed E-state index contributed by atoms with van der Waals surface area (Å²) >= 11 is 0. The first kappa shape index (κ1) is 38.7. The Kier molecular flexibility index (Phi) is 9.82. The lowest BCUT2D eigenvalue weighted by Crippen LogP contribution is -2.55. The number of hydrogen-bond acceptors (Lipinski definition) is 7. The second-order valence-electron chi connectivity index (χ2n) is 15.1. The Morgan fingerprint density at radius 3 is 2.34 bits per heavy atom. The number of fused-ring (bicyclic) bond motifs is 1. The molecule has 56 heavy (non-hydrogen) atoms. The molecule has 0 spiro atoms. The second-order valence-corrected chi connectivity index (χ2v) is 15.1. The summed E-state index contributed by atoms with van der Waals surface area (Å²) in [4.78, 5) is 45.9. The van der Waals surface area contributed by atoms with Crippen LogP contribution in [0.15, 0.2) is 72.8 Å². The standard InChI is InChI=1S/C40H39BF4N6O5/c1-6-49-35-31(30(23-15-17-27(42)18-16-23)32(36(49)53)47-34(52)24-10-7-11-25(20-24)40(43,44)45)33(37(54)50-19-9-14-29(50)22-46)48-51(35)28-13-8-12-26(21-28)41-55-38(2,3)39(4,5)56-41/h7-8,10-13,15-18,20-21,29-30,32H,6,9,14,19H2,1-5H3,(H,47,52)/t29-,30+,32+/m0/s1. The molecular formula is C40H39BF4N6O5. The van der Waals surface area contributed by atoms with Gasteiger partial charge in [-0.3, -0.25) is 19.3 Å². The number of likely N-dealkylation sites (N-methyl/N-ethyl adjacent to an activating group) is 1. The fourth-order valence-electron chi connectivity index (χ4n) is 7.49.